The minimum atomic E-state index is 0.868. The van der Waals surface area contributed by atoms with E-state index in [1.807, 2.05) is 17.4 Å². The number of anilines is 3. The van der Waals surface area contributed by atoms with Gasteiger partial charge in [0, 0.05) is 47.9 Å². The van der Waals surface area contributed by atoms with Crippen LogP contribution in [0.2, 0.25) is 0 Å². The van der Waals surface area contributed by atoms with Crippen molar-refractivity contribution < 1.29 is 4.42 Å². The zero-order chi connectivity index (χ0) is 37.7. The molecule has 268 valence electrons. The highest BCUT2D eigenvalue weighted by Gasteiger charge is 2.23. The number of hydrogen-bond acceptors (Lipinski definition) is 3. The van der Waals surface area contributed by atoms with Gasteiger partial charge in [0.15, 0.2) is 0 Å². The van der Waals surface area contributed by atoms with Crippen LogP contribution in [0, 0.1) is 0 Å². The van der Waals surface area contributed by atoms with Crippen LogP contribution in [0.5, 0.6) is 0 Å². The van der Waals surface area contributed by atoms with Crippen molar-refractivity contribution in [2.24, 2.45) is 0 Å². The fraction of sp³-hybridized carbons (Fsp3) is 0. The molecular formula is C54H35NOS. The topological polar surface area (TPSA) is 16.4 Å². The third kappa shape index (κ3) is 5.80. The molecule has 0 N–H and O–H groups in total. The van der Waals surface area contributed by atoms with Gasteiger partial charge in [-0.25, -0.2) is 0 Å². The van der Waals surface area contributed by atoms with E-state index in [9.17, 15) is 0 Å². The molecule has 0 bridgehead atoms. The summed E-state index contributed by atoms with van der Waals surface area (Å²) in [6, 6.07) is 76.3. The average molecular weight is 746 g/mol. The van der Waals surface area contributed by atoms with Crippen molar-refractivity contribution in [2.75, 3.05) is 4.90 Å². The number of fused-ring (bicyclic) bond motifs is 6. The number of rotatable bonds is 7. The van der Waals surface area contributed by atoms with Crippen LogP contribution in [-0.4, -0.2) is 0 Å². The van der Waals surface area contributed by atoms with Crippen molar-refractivity contribution >= 4 is 70.5 Å². The molecule has 2 aromatic heterocycles. The highest BCUT2D eigenvalue weighted by atomic mass is 32.1. The molecule has 2 heterocycles. The van der Waals surface area contributed by atoms with Crippen LogP contribution in [0.15, 0.2) is 217 Å². The van der Waals surface area contributed by atoms with E-state index in [0.717, 1.165) is 50.1 Å². The number of furan rings is 1. The fourth-order valence-corrected chi connectivity index (χ4v) is 9.54. The Morgan fingerprint density at radius 2 is 0.860 bits per heavy atom. The minimum Gasteiger partial charge on any atom is -0.456 e. The molecule has 0 saturated carbocycles. The van der Waals surface area contributed by atoms with E-state index in [1.165, 1.54) is 53.6 Å². The Morgan fingerprint density at radius 3 is 1.54 bits per heavy atom. The second-order valence-electron chi connectivity index (χ2n) is 14.4. The molecule has 9 aromatic carbocycles. The van der Waals surface area contributed by atoms with E-state index in [-0.39, 0.29) is 0 Å². The average Bonchev–Trinajstić information content (AvgIpc) is 3.86. The summed E-state index contributed by atoms with van der Waals surface area (Å²) >= 11 is 1.86. The molecule has 0 saturated heterocycles. The van der Waals surface area contributed by atoms with E-state index in [2.05, 4.69) is 211 Å². The molecule has 11 rings (SSSR count). The number of nitrogens with zero attached hydrogens (tertiary/aromatic N) is 1. The fourth-order valence-electron chi connectivity index (χ4n) is 8.41. The molecule has 57 heavy (non-hydrogen) atoms. The van der Waals surface area contributed by atoms with E-state index in [4.69, 9.17) is 4.42 Å². The monoisotopic (exact) mass is 745 g/mol. The van der Waals surface area contributed by atoms with E-state index < -0.39 is 0 Å². The van der Waals surface area contributed by atoms with Crippen LogP contribution in [0.4, 0.5) is 17.1 Å². The molecular weight excluding hydrogens is 711 g/mol. The van der Waals surface area contributed by atoms with Gasteiger partial charge in [0.25, 0.3) is 0 Å². The predicted molar refractivity (Wildman–Crippen MR) is 243 cm³/mol. The van der Waals surface area contributed by atoms with Crippen LogP contribution < -0.4 is 4.90 Å². The van der Waals surface area contributed by atoms with Gasteiger partial charge in [-0.05, 0) is 93.5 Å². The molecule has 0 unspecified atom stereocenters. The van der Waals surface area contributed by atoms with Crippen LogP contribution in [0.25, 0.3) is 86.6 Å². The largest absolute Gasteiger partial charge is 0.456 e. The van der Waals surface area contributed by atoms with Crippen LogP contribution >= 0.6 is 11.3 Å². The SMILES string of the molecule is c1ccc(-c2ccc(-c3c(N(c4ccc(-c5ccccc5)cc4)c4ccc(-c5cccc6sc7ccccc7c56)cc4)ccc4oc5ccccc5c34)cc2)cc1. The van der Waals surface area contributed by atoms with Crippen LogP contribution in [-0.2, 0) is 0 Å². The first-order valence-electron chi connectivity index (χ1n) is 19.3. The zero-order valence-corrected chi connectivity index (χ0v) is 31.8. The molecule has 0 aliphatic heterocycles. The molecule has 11 aromatic rings. The van der Waals surface area contributed by atoms with Gasteiger partial charge in [0.2, 0.25) is 0 Å². The highest BCUT2D eigenvalue weighted by molar-refractivity contribution is 7.25. The summed E-state index contributed by atoms with van der Waals surface area (Å²) in [5.74, 6) is 0. The van der Waals surface area contributed by atoms with Crippen molar-refractivity contribution in [1.82, 2.24) is 0 Å². The lowest BCUT2D eigenvalue weighted by Gasteiger charge is -2.29. The van der Waals surface area contributed by atoms with Gasteiger partial charge in [-0.3, -0.25) is 0 Å². The summed E-state index contributed by atoms with van der Waals surface area (Å²) in [5.41, 5.74) is 14.4. The number of benzene rings is 9. The minimum absolute atomic E-state index is 0.868. The summed E-state index contributed by atoms with van der Waals surface area (Å²) in [5, 5.41) is 4.83. The van der Waals surface area contributed by atoms with Gasteiger partial charge < -0.3 is 9.32 Å². The molecule has 0 spiro atoms. The Balaban J connectivity index is 1.12. The number of hydrogen-bond donors (Lipinski definition) is 0. The summed E-state index contributed by atoms with van der Waals surface area (Å²) in [6.07, 6.45) is 0. The lowest BCUT2D eigenvalue weighted by molar-refractivity contribution is 0.669. The van der Waals surface area contributed by atoms with Crippen molar-refractivity contribution in [3.8, 4) is 44.5 Å². The zero-order valence-electron chi connectivity index (χ0n) is 31.0. The second-order valence-corrected chi connectivity index (χ2v) is 15.5. The third-order valence-electron chi connectivity index (χ3n) is 11.1. The lowest BCUT2D eigenvalue weighted by atomic mass is 9.94. The maximum Gasteiger partial charge on any atom is 0.136 e. The molecule has 0 atom stereocenters. The number of para-hydroxylation sites is 1. The Bertz CT molecular complexity index is 3200. The lowest BCUT2D eigenvalue weighted by Crippen LogP contribution is -2.11. The third-order valence-corrected chi connectivity index (χ3v) is 12.3. The first-order valence-corrected chi connectivity index (χ1v) is 20.1. The Kier molecular flexibility index (Phi) is 8.04. The van der Waals surface area contributed by atoms with Crippen LogP contribution in [0.3, 0.4) is 0 Å². The Labute approximate surface area is 335 Å². The summed E-state index contributed by atoms with van der Waals surface area (Å²) < 4.78 is 9.14. The Morgan fingerprint density at radius 1 is 0.333 bits per heavy atom. The predicted octanol–water partition coefficient (Wildman–Crippen LogP) is 16.1. The van der Waals surface area contributed by atoms with Crippen molar-refractivity contribution in [1.29, 1.82) is 0 Å². The van der Waals surface area contributed by atoms with E-state index in [0.29, 0.717) is 0 Å². The van der Waals surface area contributed by atoms with Gasteiger partial charge in [-0.15, -0.1) is 11.3 Å². The summed E-state index contributed by atoms with van der Waals surface area (Å²) in [6.45, 7) is 0. The molecule has 0 amide bonds. The summed E-state index contributed by atoms with van der Waals surface area (Å²) in [7, 11) is 0. The van der Waals surface area contributed by atoms with Gasteiger partial charge in [-0.1, -0.05) is 158 Å². The second kappa shape index (κ2) is 13.8. The smallest absolute Gasteiger partial charge is 0.136 e. The van der Waals surface area contributed by atoms with Gasteiger partial charge in [0.1, 0.15) is 11.2 Å². The highest BCUT2D eigenvalue weighted by Crippen LogP contribution is 2.48. The molecule has 0 radical (unpaired) electrons. The molecule has 0 aliphatic rings. The Hall–Kier alpha value is -7.20. The maximum atomic E-state index is 6.52. The normalized spacial score (nSPS) is 11.5. The van der Waals surface area contributed by atoms with E-state index >= 15 is 0 Å². The molecule has 0 fully saturated rings. The van der Waals surface area contributed by atoms with Crippen LogP contribution in [0.1, 0.15) is 0 Å². The van der Waals surface area contributed by atoms with Crippen molar-refractivity contribution in [3.05, 3.63) is 212 Å². The number of thiophene rings is 1. The van der Waals surface area contributed by atoms with Gasteiger partial charge in [0.05, 0.1) is 5.69 Å². The molecule has 0 aliphatic carbocycles. The standard InChI is InChI=1S/C54H35NOS/c1-3-12-36(13-4-1)38-22-24-41(25-23-38)52-47(34-35-49-54(52)45-16-7-9-19-48(45)56-49)55(42-30-26-39(27-31-42)37-14-5-2-6-15-37)43-32-28-40(29-33-43)44-18-11-21-51-53(44)46-17-8-10-20-50(46)57-51/h1-35H. The first kappa shape index (κ1) is 33.2. The van der Waals surface area contributed by atoms with Gasteiger partial charge in [-0.2, -0.15) is 0 Å². The van der Waals surface area contributed by atoms with Gasteiger partial charge >= 0.3 is 0 Å². The van der Waals surface area contributed by atoms with Crippen molar-refractivity contribution in [3.63, 3.8) is 0 Å². The maximum absolute atomic E-state index is 6.52. The first-order chi connectivity index (χ1) is 28.3. The van der Waals surface area contributed by atoms with E-state index in [1.54, 1.807) is 0 Å². The van der Waals surface area contributed by atoms with Crippen molar-refractivity contribution in [2.45, 2.75) is 0 Å². The molecule has 3 heteroatoms. The quantitative estimate of drug-likeness (QED) is 0.162. The molecule has 2 nitrogen and oxygen atoms in total. The summed E-state index contributed by atoms with van der Waals surface area (Å²) in [4.78, 5) is 2.40.